The third kappa shape index (κ3) is 2.76. The van der Waals surface area contributed by atoms with E-state index in [4.69, 9.17) is 0 Å². The van der Waals surface area contributed by atoms with E-state index in [9.17, 15) is 4.39 Å². The Morgan fingerprint density at radius 3 is 2.71 bits per heavy atom. The molecule has 0 radical (unpaired) electrons. The van der Waals surface area contributed by atoms with Gasteiger partial charge in [0, 0.05) is 36.2 Å². The summed E-state index contributed by atoms with van der Waals surface area (Å²) in [4.78, 5) is 2.24. The van der Waals surface area contributed by atoms with Crippen LogP contribution in [0, 0.1) is 5.82 Å². The Morgan fingerprint density at radius 1 is 1.41 bits per heavy atom. The van der Waals surface area contributed by atoms with Gasteiger partial charge in [0.25, 0.3) is 0 Å². The van der Waals surface area contributed by atoms with Gasteiger partial charge in [-0.05, 0) is 12.1 Å². The average Bonchev–Trinajstić information content (AvgIpc) is 2.35. The van der Waals surface area contributed by atoms with E-state index in [1.807, 2.05) is 12.1 Å². The van der Waals surface area contributed by atoms with E-state index in [0.29, 0.717) is 5.56 Å². The number of halogens is 2. The van der Waals surface area contributed by atoms with Gasteiger partial charge in [-0.3, -0.25) is 4.90 Å². The summed E-state index contributed by atoms with van der Waals surface area (Å²) in [5.41, 5.74) is 0.685. The van der Waals surface area contributed by atoms with Crippen LogP contribution in [-0.4, -0.2) is 31.1 Å². The lowest BCUT2D eigenvalue weighted by atomic mass is 10.0. The molecule has 0 aromatic heterocycles. The zero-order valence-corrected chi connectivity index (χ0v) is 11.2. The van der Waals surface area contributed by atoms with Crippen LogP contribution in [0.1, 0.15) is 11.6 Å². The molecule has 1 fully saturated rings. The maximum atomic E-state index is 13.9. The van der Waals surface area contributed by atoms with Gasteiger partial charge in [0.15, 0.2) is 0 Å². The summed E-state index contributed by atoms with van der Waals surface area (Å²) in [6, 6.07) is 5.02. The molecular formula is C13H16BrFN2. The molecule has 0 spiro atoms. The number of nitrogens with zero attached hydrogens (tertiary/aromatic N) is 1. The van der Waals surface area contributed by atoms with Gasteiger partial charge in [-0.25, -0.2) is 4.39 Å². The Hall–Kier alpha value is -0.710. The summed E-state index contributed by atoms with van der Waals surface area (Å²) in [6.45, 7) is 7.56. The summed E-state index contributed by atoms with van der Waals surface area (Å²) in [7, 11) is 0. The van der Waals surface area contributed by atoms with E-state index in [1.165, 1.54) is 6.07 Å². The van der Waals surface area contributed by atoms with Crippen molar-refractivity contribution in [3.05, 3.63) is 46.7 Å². The smallest absolute Gasteiger partial charge is 0.129 e. The minimum Gasteiger partial charge on any atom is -0.314 e. The topological polar surface area (TPSA) is 15.3 Å². The predicted molar refractivity (Wildman–Crippen MR) is 71.5 cm³/mol. The highest BCUT2D eigenvalue weighted by Crippen LogP contribution is 2.31. The molecule has 0 aliphatic carbocycles. The number of hydrogen-bond acceptors (Lipinski definition) is 2. The summed E-state index contributed by atoms with van der Waals surface area (Å²) in [5.74, 6) is -0.178. The summed E-state index contributed by atoms with van der Waals surface area (Å²) >= 11 is 3.43. The molecule has 92 valence electrons. The van der Waals surface area contributed by atoms with Crippen LogP contribution >= 0.6 is 15.9 Å². The van der Waals surface area contributed by atoms with Crippen molar-refractivity contribution in [2.75, 3.05) is 26.2 Å². The first kappa shape index (κ1) is 12.7. The monoisotopic (exact) mass is 298 g/mol. The molecule has 0 unspecified atom stereocenters. The lowest BCUT2D eigenvalue weighted by Crippen LogP contribution is -2.44. The maximum Gasteiger partial charge on any atom is 0.129 e. The standard InChI is InChI=1S/C13H16BrFN2/c1-2-12(17-8-6-16-7-9-17)13-10(14)4-3-5-11(13)15/h2-5,12,16H,1,6-9H2/t12-/m0/s1. The van der Waals surface area contributed by atoms with Gasteiger partial charge < -0.3 is 5.32 Å². The Morgan fingerprint density at radius 2 is 2.12 bits per heavy atom. The van der Waals surface area contributed by atoms with Crippen molar-refractivity contribution < 1.29 is 4.39 Å². The Labute approximate surface area is 110 Å². The summed E-state index contributed by atoms with van der Waals surface area (Å²) in [5, 5.41) is 3.29. The van der Waals surface area contributed by atoms with Gasteiger partial charge in [-0.1, -0.05) is 28.1 Å². The molecular weight excluding hydrogens is 283 g/mol. The number of rotatable bonds is 3. The van der Waals surface area contributed by atoms with Crippen molar-refractivity contribution in [2.45, 2.75) is 6.04 Å². The Balaban J connectivity index is 2.31. The summed E-state index contributed by atoms with van der Waals surface area (Å²) < 4.78 is 14.7. The SMILES string of the molecule is C=C[C@@H](c1c(F)cccc1Br)N1CCNCC1. The molecule has 1 heterocycles. The minimum absolute atomic E-state index is 0.0623. The second kappa shape index (κ2) is 5.76. The van der Waals surface area contributed by atoms with Gasteiger partial charge in [-0.2, -0.15) is 0 Å². The average molecular weight is 299 g/mol. The van der Waals surface area contributed by atoms with Crippen molar-refractivity contribution >= 4 is 15.9 Å². The van der Waals surface area contributed by atoms with Crippen LogP contribution in [0.4, 0.5) is 4.39 Å². The van der Waals surface area contributed by atoms with Crippen LogP contribution in [-0.2, 0) is 0 Å². The van der Waals surface area contributed by atoms with Crippen LogP contribution < -0.4 is 5.32 Å². The fraction of sp³-hybridized carbons (Fsp3) is 0.385. The molecule has 0 amide bonds. The fourth-order valence-electron chi connectivity index (χ4n) is 2.20. The van der Waals surface area contributed by atoms with E-state index < -0.39 is 0 Å². The van der Waals surface area contributed by atoms with Gasteiger partial charge in [0.2, 0.25) is 0 Å². The van der Waals surface area contributed by atoms with Crippen molar-refractivity contribution in [2.24, 2.45) is 0 Å². The van der Waals surface area contributed by atoms with Crippen molar-refractivity contribution in [3.63, 3.8) is 0 Å². The molecule has 1 aromatic rings. The van der Waals surface area contributed by atoms with Gasteiger partial charge in [-0.15, -0.1) is 6.58 Å². The van der Waals surface area contributed by atoms with Gasteiger partial charge in [0.1, 0.15) is 5.82 Å². The molecule has 1 aliphatic heterocycles. The lowest BCUT2D eigenvalue weighted by molar-refractivity contribution is 0.200. The van der Waals surface area contributed by atoms with E-state index in [0.717, 1.165) is 30.7 Å². The number of nitrogens with one attached hydrogen (secondary N) is 1. The second-order valence-corrected chi connectivity index (χ2v) is 4.96. The van der Waals surface area contributed by atoms with Crippen molar-refractivity contribution in [3.8, 4) is 0 Å². The molecule has 2 rings (SSSR count). The first-order chi connectivity index (χ1) is 8.24. The molecule has 1 atom stereocenters. The quantitative estimate of drug-likeness (QED) is 0.863. The number of piperazine rings is 1. The van der Waals surface area contributed by atoms with Crippen LogP contribution in [0.15, 0.2) is 35.3 Å². The van der Waals surface area contributed by atoms with E-state index in [1.54, 1.807) is 6.07 Å². The van der Waals surface area contributed by atoms with E-state index >= 15 is 0 Å². The van der Waals surface area contributed by atoms with Crippen LogP contribution in [0.3, 0.4) is 0 Å². The zero-order chi connectivity index (χ0) is 12.3. The zero-order valence-electron chi connectivity index (χ0n) is 9.63. The first-order valence-electron chi connectivity index (χ1n) is 5.75. The molecule has 1 aliphatic rings. The number of benzene rings is 1. The largest absolute Gasteiger partial charge is 0.314 e. The third-order valence-electron chi connectivity index (χ3n) is 3.06. The second-order valence-electron chi connectivity index (χ2n) is 4.10. The lowest BCUT2D eigenvalue weighted by Gasteiger charge is -2.34. The molecule has 1 N–H and O–H groups in total. The highest BCUT2D eigenvalue weighted by Gasteiger charge is 2.23. The third-order valence-corrected chi connectivity index (χ3v) is 3.76. The highest BCUT2D eigenvalue weighted by atomic mass is 79.9. The van der Waals surface area contributed by atoms with E-state index in [2.05, 4.69) is 32.7 Å². The molecule has 0 saturated carbocycles. The summed E-state index contributed by atoms with van der Waals surface area (Å²) in [6.07, 6.45) is 1.81. The molecule has 17 heavy (non-hydrogen) atoms. The number of hydrogen-bond donors (Lipinski definition) is 1. The van der Waals surface area contributed by atoms with E-state index in [-0.39, 0.29) is 11.9 Å². The van der Waals surface area contributed by atoms with Crippen LogP contribution in [0.2, 0.25) is 0 Å². The van der Waals surface area contributed by atoms with Crippen LogP contribution in [0.5, 0.6) is 0 Å². The van der Waals surface area contributed by atoms with Crippen molar-refractivity contribution in [1.82, 2.24) is 10.2 Å². The molecule has 4 heteroatoms. The predicted octanol–water partition coefficient (Wildman–Crippen LogP) is 2.72. The first-order valence-corrected chi connectivity index (χ1v) is 6.54. The highest BCUT2D eigenvalue weighted by molar-refractivity contribution is 9.10. The molecule has 0 bridgehead atoms. The maximum absolute atomic E-state index is 13.9. The Kier molecular flexibility index (Phi) is 4.31. The van der Waals surface area contributed by atoms with Crippen LogP contribution in [0.25, 0.3) is 0 Å². The van der Waals surface area contributed by atoms with Crippen molar-refractivity contribution in [1.29, 1.82) is 0 Å². The van der Waals surface area contributed by atoms with Gasteiger partial charge in [0.05, 0.1) is 6.04 Å². The Bertz CT molecular complexity index is 382. The fourth-order valence-corrected chi connectivity index (χ4v) is 2.78. The molecule has 1 saturated heterocycles. The molecule has 2 nitrogen and oxygen atoms in total. The van der Waals surface area contributed by atoms with Gasteiger partial charge >= 0.3 is 0 Å². The normalized spacial score (nSPS) is 18.9. The molecule has 1 aromatic carbocycles. The minimum atomic E-state index is -0.178.